The molecule has 3 heteroatoms. The first-order chi connectivity index (χ1) is 10.1. The second kappa shape index (κ2) is 5.09. The summed E-state index contributed by atoms with van der Waals surface area (Å²) in [6, 6.07) is 13.8. The van der Waals surface area contributed by atoms with E-state index in [4.69, 9.17) is 4.42 Å². The van der Waals surface area contributed by atoms with Crippen LogP contribution < -0.4 is 5.36 Å². The standard InChI is InChI=1S/C18H17NO2/c1-11-4-6-14(7-5-11)17-10-16(19-20)15-8-12(2)13(3)9-18(15)21-17/h4-10,20H,1-3H3/b19-16+. The Morgan fingerprint density at radius 3 is 2.24 bits per heavy atom. The molecule has 1 heterocycles. The van der Waals surface area contributed by atoms with Crippen LogP contribution in [0.4, 0.5) is 0 Å². The maximum Gasteiger partial charge on any atom is 0.137 e. The Morgan fingerprint density at radius 1 is 0.905 bits per heavy atom. The maximum atomic E-state index is 9.29. The number of aryl methyl sites for hydroxylation is 3. The van der Waals surface area contributed by atoms with Gasteiger partial charge in [0.15, 0.2) is 0 Å². The van der Waals surface area contributed by atoms with Gasteiger partial charge in [-0.25, -0.2) is 0 Å². The zero-order valence-electron chi connectivity index (χ0n) is 12.3. The molecule has 0 amide bonds. The lowest BCUT2D eigenvalue weighted by atomic mass is 10.1. The van der Waals surface area contributed by atoms with Crippen molar-refractivity contribution in [2.45, 2.75) is 20.8 Å². The van der Waals surface area contributed by atoms with Crippen molar-refractivity contribution in [2.75, 3.05) is 0 Å². The fourth-order valence-electron chi connectivity index (χ4n) is 2.37. The fraction of sp³-hybridized carbons (Fsp3) is 0.167. The van der Waals surface area contributed by atoms with Gasteiger partial charge >= 0.3 is 0 Å². The molecule has 0 bridgehead atoms. The molecule has 0 saturated heterocycles. The summed E-state index contributed by atoms with van der Waals surface area (Å²) < 4.78 is 5.99. The monoisotopic (exact) mass is 279 g/mol. The van der Waals surface area contributed by atoms with Crippen LogP contribution in [0.15, 0.2) is 52.0 Å². The lowest BCUT2D eigenvalue weighted by molar-refractivity contribution is 0.302. The lowest BCUT2D eigenvalue weighted by Crippen LogP contribution is -2.04. The first-order valence-electron chi connectivity index (χ1n) is 6.89. The average molecular weight is 279 g/mol. The van der Waals surface area contributed by atoms with Crippen molar-refractivity contribution in [3.63, 3.8) is 0 Å². The average Bonchev–Trinajstić information content (AvgIpc) is 2.48. The molecule has 21 heavy (non-hydrogen) atoms. The number of benzene rings is 2. The molecule has 0 radical (unpaired) electrons. The first-order valence-corrected chi connectivity index (χ1v) is 6.89. The van der Waals surface area contributed by atoms with Crippen molar-refractivity contribution < 1.29 is 9.62 Å². The molecule has 3 nitrogen and oxygen atoms in total. The van der Waals surface area contributed by atoms with Crippen molar-refractivity contribution in [3.8, 4) is 11.3 Å². The third-order valence-corrected chi connectivity index (χ3v) is 3.80. The number of hydrogen-bond donors (Lipinski definition) is 1. The van der Waals surface area contributed by atoms with E-state index in [1.807, 2.05) is 57.2 Å². The largest absolute Gasteiger partial charge is 0.456 e. The molecule has 0 aliphatic carbocycles. The normalized spacial score (nSPS) is 12.0. The molecule has 0 aliphatic rings. The maximum absolute atomic E-state index is 9.29. The van der Waals surface area contributed by atoms with Crippen LogP contribution in [0.25, 0.3) is 22.3 Å². The number of hydrogen-bond acceptors (Lipinski definition) is 3. The zero-order chi connectivity index (χ0) is 15.0. The Morgan fingerprint density at radius 2 is 1.57 bits per heavy atom. The van der Waals surface area contributed by atoms with Crippen LogP contribution in [0.1, 0.15) is 16.7 Å². The third kappa shape index (κ3) is 2.42. The highest BCUT2D eigenvalue weighted by Crippen LogP contribution is 2.24. The summed E-state index contributed by atoms with van der Waals surface area (Å²) in [7, 11) is 0. The van der Waals surface area contributed by atoms with E-state index in [9.17, 15) is 5.21 Å². The van der Waals surface area contributed by atoms with Crippen LogP contribution >= 0.6 is 0 Å². The van der Waals surface area contributed by atoms with E-state index in [-0.39, 0.29) is 0 Å². The molecule has 0 saturated carbocycles. The molecule has 3 aromatic rings. The third-order valence-electron chi connectivity index (χ3n) is 3.80. The Balaban J connectivity index is 2.31. The Hall–Kier alpha value is -2.55. The van der Waals surface area contributed by atoms with Gasteiger partial charge in [0.2, 0.25) is 0 Å². The lowest BCUT2D eigenvalue weighted by Gasteiger charge is -2.07. The SMILES string of the molecule is Cc1ccc(-c2c/c(=N\O)c3cc(C)c(C)cc3o2)cc1. The number of rotatable bonds is 1. The second-order valence-corrected chi connectivity index (χ2v) is 5.39. The number of fused-ring (bicyclic) bond motifs is 1. The highest BCUT2D eigenvalue weighted by Gasteiger charge is 2.08. The highest BCUT2D eigenvalue weighted by atomic mass is 16.4. The van der Waals surface area contributed by atoms with Gasteiger partial charge in [-0.2, -0.15) is 0 Å². The summed E-state index contributed by atoms with van der Waals surface area (Å²) in [6.07, 6.45) is 0. The van der Waals surface area contributed by atoms with Gasteiger partial charge in [0.1, 0.15) is 16.7 Å². The zero-order valence-corrected chi connectivity index (χ0v) is 12.3. The van der Waals surface area contributed by atoms with Gasteiger partial charge in [-0.3, -0.25) is 0 Å². The molecule has 0 fully saturated rings. The number of nitrogens with zero attached hydrogens (tertiary/aromatic N) is 1. The van der Waals surface area contributed by atoms with Crippen molar-refractivity contribution in [3.05, 3.63) is 64.5 Å². The summed E-state index contributed by atoms with van der Waals surface area (Å²) >= 11 is 0. The highest BCUT2D eigenvalue weighted by molar-refractivity contribution is 5.80. The first kappa shape index (κ1) is 13.4. The van der Waals surface area contributed by atoms with Gasteiger partial charge in [-0.15, -0.1) is 0 Å². The minimum Gasteiger partial charge on any atom is -0.456 e. The molecular formula is C18H17NO2. The van der Waals surface area contributed by atoms with E-state index in [1.54, 1.807) is 6.07 Å². The molecule has 2 aromatic carbocycles. The molecule has 1 aromatic heterocycles. The fourth-order valence-corrected chi connectivity index (χ4v) is 2.37. The quantitative estimate of drug-likeness (QED) is 0.532. The van der Waals surface area contributed by atoms with Gasteiger partial charge < -0.3 is 9.62 Å². The second-order valence-electron chi connectivity index (χ2n) is 5.39. The van der Waals surface area contributed by atoms with Crippen LogP contribution in [0.5, 0.6) is 0 Å². The van der Waals surface area contributed by atoms with Gasteiger partial charge in [-0.1, -0.05) is 35.0 Å². The van der Waals surface area contributed by atoms with E-state index in [2.05, 4.69) is 5.16 Å². The van der Waals surface area contributed by atoms with Crippen LogP contribution in [-0.4, -0.2) is 5.21 Å². The Kier molecular flexibility index (Phi) is 3.26. The van der Waals surface area contributed by atoms with Gasteiger partial charge in [0.25, 0.3) is 0 Å². The van der Waals surface area contributed by atoms with Crippen molar-refractivity contribution in [1.29, 1.82) is 0 Å². The molecule has 106 valence electrons. The minimum atomic E-state index is 0.523. The molecule has 0 unspecified atom stereocenters. The van der Waals surface area contributed by atoms with E-state index in [0.717, 1.165) is 27.7 Å². The molecule has 0 aliphatic heterocycles. The smallest absolute Gasteiger partial charge is 0.137 e. The van der Waals surface area contributed by atoms with Crippen LogP contribution in [0.3, 0.4) is 0 Å². The van der Waals surface area contributed by atoms with E-state index >= 15 is 0 Å². The van der Waals surface area contributed by atoms with Crippen LogP contribution in [0.2, 0.25) is 0 Å². The molecule has 1 N–H and O–H groups in total. The van der Waals surface area contributed by atoms with Gasteiger partial charge in [-0.05, 0) is 44.0 Å². The summed E-state index contributed by atoms with van der Waals surface area (Å²) in [5.41, 5.74) is 5.18. The topological polar surface area (TPSA) is 45.7 Å². The summed E-state index contributed by atoms with van der Waals surface area (Å²) in [5, 5.41) is 14.0. The van der Waals surface area contributed by atoms with E-state index in [0.29, 0.717) is 11.1 Å². The van der Waals surface area contributed by atoms with Crippen molar-refractivity contribution >= 4 is 11.0 Å². The minimum absolute atomic E-state index is 0.523. The van der Waals surface area contributed by atoms with Crippen LogP contribution in [0, 0.1) is 20.8 Å². The predicted molar refractivity (Wildman–Crippen MR) is 83.2 cm³/mol. The molecular weight excluding hydrogens is 262 g/mol. The summed E-state index contributed by atoms with van der Waals surface area (Å²) in [6.45, 7) is 6.12. The van der Waals surface area contributed by atoms with Crippen LogP contribution in [-0.2, 0) is 0 Å². The molecule has 0 atom stereocenters. The summed E-state index contributed by atoms with van der Waals surface area (Å²) in [5.74, 6) is 0.693. The van der Waals surface area contributed by atoms with E-state index in [1.165, 1.54) is 5.56 Å². The van der Waals surface area contributed by atoms with Gasteiger partial charge in [0, 0.05) is 17.0 Å². The molecule has 3 rings (SSSR count). The predicted octanol–water partition coefficient (Wildman–Crippen LogP) is 4.31. The van der Waals surface area contributed by atoms with Gasteiger partial charge in [0.05, 0.1) is 0 Å². The van der Waals surface area contributed by atoms with E-state index < -0.39 is 0 Å². The Labute approximate surface area is 123 Å². The Bertz CT molecular complexity index is 874. The van der Waals surface area contributed by atoms with Crippen molar-refractivity contribution in [1.82, 2.24) is 0 Å². The van der Waals surface area contributed by atoms with Crippen molar-refractivity contribution in [2.24, 2.45) is 5.16 Å². The molecule has 0 spiro atoms. The summed E-state index contributed by atoms with van der Waals surface area (Å²) in [4.78, 5) is 0.